The second-order valence-electron chi connectivity index (χ2n) is 8.10. The van der Waals surface area contributed by atoms with Crippen LogP contribution in [-0.2, 0) is 21.1 Å². The van der Waals surface area contributed by atoms with Gasteiger partial charge in [0.25, 0.3) is 5.91 Å². The minimum Gasteiger partial charge on any atom is -0.497 e. The Bertz CT molecular complexity index is 1230. The monoisotopic (exact) mass is 582 g/mol. The minimum atomic E-state index is -3.19. The molecule has 0 unspecified atom stereocenters. The number of thioether (sulfide) groups is 1. The van der Waals surface area contributed by atoms with Crippen LogP contribution in [0.2, 0.25) is 0 Å². The van der Waals surface area contributed by atoms with E-state index in [1.165, 1.54) is 11.8 Å². The number of anilines is 1. The molecular weight excluding hydrogens is 556 g/mol. The lowest BCUT2D eigenvalue weighted by atomic mass is 10.1. The summed E-state index contributed by atoms with van der Waals surface area (Å²) in [6, 6.07) is 10.5. The molecule has 2 saturated heterocycles. The van der Waals surface area contributed by atoms with E-state index in [0.717, 1.165) is 5.56 Å². The van der Waals surface area contributed by atoms with Crippen LogP contribution in [0.25, 0.3) is 0 Å². The van der Waals surface area contributed by atoms with Gasteiger partial charge in [0.1, 0.15) is 5.75 Å². The van der Waals surface area contributed by atoms with Gasteiger partial charge >= 0.3 is 0 Å². The fourth-order valence-corrected chi connectivity index (χ4v) is 8.59. The van der Waals surface area contributed by atoms with Crippen LogP contribution < -0.4 is 19.1 Å². The largest absolute Gasteiger partial charge is 0.497 e. The summed E-state index contributed by atoms with van der Waals surface area (Å²) in [6.07, 6.45) is 0.129. The first kappa shape index (κ1) is 25.8. The third-order valence-electron chi connectivity index (χ3n) is 5.67. The zero-order chi connectivity index (χ0) is 25.2. The number of halogens is 1. The van der Waals surface area contributed by atoms with Crippen LogP contribution in [-0.4, -0.2) is 62.6 Å². The number of rotatable bonds is 8. The van der Waals surface area contributed by atoms with E-state index in [9.17, 15) is 13.2 Å². The zero-order valence-corrected chi connectivity index (χ0v) is 22.9. The number of aliphatic imine (C=N–C) groups is 1. The van der Waals surface area contributed by atoms with Crippen molar-refractivity contribution in [2.45, 2.75) is 31.6 Å². The molecule has 4 rings (SSSR count). The third-order valence-corrected chi connectivity index (χ3v) is 9.52. The fraction of sp³-hybridized carbons (Fsp3) is 0.417. The van der Waals surface area contributed by atoms with E-state index in [4.69, 9.17) is 14.2 Å². The number of ether oxygens (including phenoxy) is 3. The highest BCUT2D eigenvalue weighted by atomic mass is 79.9. The number of hydrogen-bond acceptors (Lipinski definition) is 7. The molecule has 8 nitrogen and oxygen atoms in total. The summed E-state index contributed by atoms with van der Waals surface area (Å²) in [5.74, 6) is 1.59. The molecule has 2 fully saturated rings. The number of amides is 1. The van der Waals surface area contributed by atoms with Gasteiger partial charge in [0.05, 0.1) is 50.0 Å². The molecule has 1 amide bonds. The van der Waals surface area contributed by atoms with E-state index in [2.05, 4.69) is 20.9 Å². The summed E-state index contributed by atoms with van der Waals surface area (Å²) < 4.78 is 42.2. The third kappa shape index (κ3) is 5.78. The normalized spacial score (nSPS) is 21.7. The standard InChI is InChI=1S/C24H27BrN2O6S2/c1-4-32-20-11-17(25)18(12-21(20)33-5-2)27-19-13-35(29,30)14-22(19)34-24(27)26-23(28)10-15-6-8-16(31-3)9-7-15/h6-9,11-12,19,22H,4-5,10,13-14H2,1-3H3/t19-,22+/m1/s1. The average molecular weight is 584 g/mol. The molecule has 2 heterocycles. The van der Waals surface area contributed by atoms with Crippen LogP contribution in [0, 0.1) is 0 Å². The highest BCUT2D eigenvalue weighted by molar-refractivity contribution is 9.10. The van der Waals surface area contributed by atoms with Crippen molar-refractivity contribution in [2.75, 3.05) is 36.7 Å². The van der Waals surface area contributed by atoms with Gasteiger partial charge in [-0.15, -0.1) is 0 Å². The highest BCUT2D eigenvalue weighted by Crippen LogP contribution is 2.46. The molecule has 0 spiro atoms. The lowest BCUT2D eigenvalue weighted by Crippen LogP contribution is -2.38. The Morgan fingerprint density at radius 1 is 1.11 bits per heavy atom. The first-order chi connectivity index (χ1) is 16.7. The number of nitrogens with zero attached hydrogens (tertiary/aromatic N) is 2. The SMILES string of the molecule is CCOc1cc(Br)c(N2C(=NC(=O)Cc3ccc(OC)cc3)S[C@H]3CS(=O)(=O)C[C@H]32)cc1OCC. The summed E-state index contributed by atoms with van der Waals surface area (Å²) in [6.45, 7) is 4.69. The van der Waals surface area contributed by atoms with Gasteiger partial charge in [0.2, 0.25) is 0 Å². The maximum absolute atomic E-state index is 12.9. The van der Waals surface area contributed by atoms with Crippen molar-refractivity contribution in [3.8, 4) is 17.2 Å². The van der Waals surface area contributed by atoms with E-state index in [-0.39, 0.29) is 35.1 Å². The number of hydrogen-bond donors (Lipinski definition) is 0. The van der Waals surface area contributed by atoms with Crippen LogP contribution >= 0.6 is 27.7 Å². The van der Waals surface area contributed by atoms with Gasteiger partial charge in [-0.1, -0.05) is 23.9 Å². The lowest BCUT2D eigenvalue weighted by Gasteiger charge is -2.27. The van der Waals surface area contributed by atoms with Crippen LogP contribution in [0.15, 0.2) is 45.9 Å². The number of fused-ring (bicyclic) bond motifs is 1. The van der Waals surface area contributed by atoms with Gasteiger partial charge < -0.3 is 19.1 Å². The van der Waals surface area contributed by atoms with Crippen molar-refractivity contribution < 1.29 is 27.4 Å². The number of benzene rings is 2. The molecule has 35 heavy (non-hydrogen) atoms. The van der Waals surface area contributed by atoms with Crippen molar-refractivity contribution in [3.63, 3.8) is 0 Å². The van der Waals surface area contributed by atoms with Crippen molar-refractivity contribution in [1.82, 2.24) is 0 Å². The Morgan fingerprint density at radius 2 is 1.77 bits per heavy atom. The molecule has 2 atom stereocenters. The molecule has 0 aliphatic carbocycles. The second-order valence-corrected chi connectivity index (χ2v) is 12.3. The van der Waals surface area contributed by atoms with Gasteiger partial charge in [-0.05, 0) is 47.5 Å². The number of methoxy groups -OCH3 is 1. The molecule has 11 heteroatoms. The quantitative estimate of drug-likeness (QED) is 0.459. The summed E-state index contributed by atoms with van der Waals surface area (Å²) in [7, 11) is -1.60. The Hall–Kier alpha value is -2.24. The molecule has 0 N–H and O–H groups in total. The minimum absolute atomic E-state index is 0.0000231. The number of carbonyl (C=O) groups is 1. The highest BCUT2D eigenvalue weighted by Gasteiger charge is 2.50. The van der Waals surface area contributed by atoms with Crippen molar-refractivity contribution in [2.24, 2.45) is 4.99 Å². The van der Waals surface area contributed by atoms with Gasteiger partial charge in [0.15, 0.2) is 26.5 Å². The topological polar surface area (TPSA) is 94.5 Å². The first-order valence-electron chi connectivity index (χ1n) is 11.2. The summed E-state index contributed by atoms with van der Waals surface area (Å²) >= 11 is 4.95. The molecule has 0 saturated carbocycles. The van der Waals surface area contributed by atoms with E-state index >= 15 is 0 Å². The predicted octanol–water partition coefficient (Wildman–Crippen LogP) is 4.10. The Kier molecular flexibility index (Phi) is 7.97. The van der Waals surface area contributed by atoms with E-state index in [1.54, 1.807) is 19.2 Å². The average Bonchev–Trinajstić information content (AvgIpc) is 3.27. The summed E-state index contributed by atoms with van der Waals surface area (Å²) in [5, 5.41) is 0.280. The number of carbonyl (C=O) groups excluding carboxylic acids is 1. The molecule has 2 aliphatic rings. The maximum Gasteiger partial charge on any atom is 0.252 e. The Labute approximate surface area is 218 Å². The Morgan fingerprint density at radius 3 is 2.40 bits per heavy atom. The lowest BCUT2D eigenvalue weighted by molar-refractivity contribution is -0.117. The second kappa shape index (κ2) is 10.8. The molecule has 0 bridgehead atoms. The van der Waals surface area contributed by atoms with Gasteiger partial charge in [-0.3, -0.25) is 4.79 Å². The Balaban J connectivity index is 1.69. The molecular formula is C24H27BrN2O6S2. The molecule has 0 aromatic heterocycles. The zero-order valence-electron chi connectivity index (χ0n) is 19.7. The summed E-state index contributed by atoms with van der Waals surface area (Å²) in [4.78, 5) is 19.2. The molecule has 0 radical (unpaired) electrons. The van der Waals surface area contributed by atoms with E-state index in [1.807, 2.05) is 43.0 Å². The molecule has 2 aromatic carbocycles. The molecule has 188 valence electrons. The van der Waals surface area contributed by atoms with Gasteiger partial charge in [0, 0.05) is 21.9 Å². The van der Waals surface area contributed by atoms with Crippen LogP contribution in [0.3, 0.4) is 0 Å². The van der Waals surface area contributed by atoms with Gasteiger partial charge in [-0.2, -0.15) is 4.99 Å². The maximum atomic E-state index is 12.9. The molecule has 2 aliphatic heterocycles. The van der Waals surface area contributed by atoms with Crippen LogP contribution in [0.4, 0.5) is 5.69 Å². The smallest absolute Gasteiger partial charge is 0.252 e. The summed E-state index contributed by atoms with van der Waals surface area (Å²) in [5.41, 5.74) is 1.50. The van der Waals surface area contributed by atoms with E-state index < -0.39 is 9.84 Å². The van der Waals surface area contributed by atoms with Crippen molar-refractivity contribution in [3.05, 3.63) is 46.4 Å². The number of amidine groups is 1. The number of sulfone groups is 1. The van der Waals surface area contributed by atoms with Crippen molar-refractivity contribution in [1.29, 1.82) is 0 Å². The van der Waals surface area contributed by atoms with Gasteiger partial charge in [-0.25, -0.2) is 8.42 Å². The first-order valence-corrected chi connectivity index (χ1v) is 14.7. The van der Waals surface area contributed by atoms with E-state index in [0.29, 0.717) is 45.8 Å². The van der Waals surface area contributed by atoms with Crippen molar-refractivity contribution >= 4 is 54.3 Å². The van der Waals surface area contributed by atoms with Crippen LogP contribution in [0.1, 0.15) is 19.4 Å². The predicted molar refractivity (Wildman–Crippen MR) is 142 cm³/mol. The molecule has 2 aromatic rings. The van der Waals surface area contributed by atoms with Crippen LogP contribution in [0.5, 0.6) is 17.2 Å². The fourth-order valence-electron chi connectivity index (χ4n) is 4.16.